The number of imide groups is 1. The number of phosphoric ester groups is 3. The Morgan fingerprint density at radius 3 is 2.32 bits per heavy atom. The number of carbonyl (C=O) groups excluding carboxylic acids is 4. The second-order valence-corrected chi connectivity index (χ2v) is 17.1. The van der Waals surface area contributed by atoms with E-state index >= 15 is 0 Å². The zero-order valence-corrected chi connectivity index (χ0v) is 32.8. The van der Waals surface area contributed by atoms with Gasteiger partial charge in [-0.3, -0.25) is 42.6 Å². The summed E-state index contributed by atoms with van der Waals surface area (Å²) in [6, 6.07) is 0. The molecule has 0 bridgehead atoms. The number of nitrogens with zero attached hydrogens (tertiary/aromatic N) is 4. The molecule has 2 aliphatic rings. The number of carbonyl (C=O) groups is 4. The molecule has 0 aromatic carbocycles. The molecule has 31 heteroatoms. The van der Waals surface area contributed by atoms with Crippen LogP contribution in [0.2, 0.25) is 0 Å². The first-order valence-electron chi connectivity index (χ1n) is 15.9. The van der Waals surface area contributed by atoms with Crippen LogP contribution in [0, 0.1) is 5.41 Å². The molecule has 8 atom stereocenters. The quantitative estimate of drug-likeness (QED) is 0.0397. The molecule has 2 fully saturated rings. The topological polar surface area (TPSA) is 413 Å². The second kappa shape index (κ2) is 19.6. The van der Waals surface area contributed by atoms with Crippen LogP contribution in [-0.2, 0) is 55.5 Å². The maximum absolute atomic E-state index is 12.6. The van der Waals surface area contributed by atoms with Crippen LogP contribution < -0.4 is 21.7 Å². The van der Waals surface area contributed by atoms with Gasteiger partial charge < -0.3 is 56.0 Å². The van der Waals surface area contributed by atoms with Crippen molar-refractivity contribution in [3.63, 3.8) is 0 Å². The number of anilines is 1. The minimum Gasteiger partial charge on any atom is -0.386 e. The number of imidazole rings is 1. The van der Waals surface area contributed by atoms with Crippen molar-refractivity contribution in [2.24, 2.45) is 5.41 Å². The van der Waals surface area contributed by atoms with Crippen molar-refractivity contribution < 1.29 is 90.4 Å². The molecule has 2 aliphatic heterocycles. The number of nitrogens with one attached hydrogen (secondary N) is 3. The smallest absolute Gasteiger partial charge is 0.386 e. The molecule has 0 saturated carbocycles. The van der Waals surface area contributed by atoms with Gasteiger partial charge in [0.15, 0.2) is 17.7 Å². The molecular weight excluding hydrogens is 841 g/mol. The average Bonchev–Trinajstić information content (AvgIpc) is 3.74. The number of fused-ring (bicyclic) bond motifs is 1. The third kappa shape index (κ3) is 13.8. The Morgan fingerprint density at radius 2 is 1.75 bits per heavy atom. The first-order chi connectivity index (χ1) is 25.9. The molecule has 2 aromatic heterocycles. The summed E-state index contributed by atoms with van der Waals surface area (Å²) in [6.45, 7) is 0.723. The van der Waals surface area contributed by atoms with Gasteiger partial charge in [0.2, 0.25) is 17.7 Å². The van der Waals surface area contributed by atoms with E-state index in [4.69, 9.17) is 24.6 Å². The van der Waals surface area contributed by atoms with Crippen molar-refractivity contribution in [2.45, 2.75) is 63.4 Å². The van der Waals surface area contributed by atoms with Crippen molar-refractivity contribution in [2.75, 3.05) is 37.8 Å². The largest absolute Gasteiger partial charge is 0.481 e. The van der Waals surface area contributed by atoms with Gasteiger partial charge in [-0.05, 0) is 0 Å². The van der Waals surface area contributed by atoms with Crippen LogP contribution in [-0.4, -0.2) is 141 Å². The molecule has 4 unspecified atom stereocenters. The summed E-state index contributed by atoms with van der Waals surface area (Å²) in [6.07, 6.45) is -7.93. The van der Waals surface area contributed by atoms with Crippen LogP contribution >= 0.6 is 36.1 Å². The Morgan fingerprint density at radius 1 is 1.09 bits per heavy atom. The number of phosphoric acid groups is 3. The predicted octanol–water partition coefficient (Wildman–Crippen LogP) is -3.27. The number of nitrogens with two attached hydrogens (primary N) is 1. The van der Waals surface area contributed by atoms with Crippen LogP contribution in [0.5, 0.6) is 0 Å². The molecular formula is C25H41N8O19P3S. The molecule has 0 radical (unpaired) electrons. The van der Waals surface area contributed by atoms with E-state index in [1.165, 1.54) is 13.8 Å². The zero-order chi connectivity index (χ0) is 42.2. The fraction of sp³-hybridized carbons (Fsp3) is 0.640. The monoisotopic (exact) mass is 882 g/mol. The molecule has 0 aliphatic carbocycles. The number of nitrogen functional groups attached to an aromatic ring is 1. The van der Waals surface area contributed by atoms with E-state index in [1.807, 2.05) is 5.32 Å². The van der Waals surface area contributed by atoms with E-state index in [1.54, 1.807) is 0 Å². The summed E-state index contributed by atoms with van der Waals surface area (Å²) in [5.74, 6) is -1.93. The van der Waals surface area contributed by atoms with E-state index < -0.39 is 96.6 Å². The molecule has 2 aromatic rings. The number of ether oxygens (including phenoxy) is 1. The van der Waals surface area contributed by atoms with E-state index in [2.05, 4.69) is 47.0 Å². The Labute approximate surface area is 321 Å². The molecule has 4 amide bonds. The van der Waals surface area contributed by atoms with Crippen molar-refractivity contribution in [3.05, 3.63) is 12.7 Å². The number of aliphatic hydroxyl groups excluding tert-OH is 3. The lowest BCUT2D eigenvalue weighted by Gasteiger charge is -2.30. The van der Waals surface area contributed by atoms with Gasteiger partial charge in [-0.2, -0.15) is 16.9 Å². The molecule has 4 rings (SSSR count). The lowest BCUT2D eigenvalue weighted by molar-refractivity contribution is -0.137. The lowest BCUT2D eigenvalue weighted by Crippen LogP contribution is -2.46. The van der Waals surface area contributed by atoms with Gasteiger partial charge in [0, 0.05) is 30.7 Å². The number of thiol groups is 1. The van der Waals surface area contributed by atoms with E-state index in [-0.39, 0.29) is 42.3 Å². The molecule has 316 valence electrons. The lowest BCUT2D eigenvalue weighted by atomic mass is 9.87. The van der Waals surface area contributed by atoms with E-state index in [0.29, 0.717) is 12.3 Å². The van der Waals surface area contributed by atoms with Crippen LogP contribution in [0.3, 0.4) is 0 Å². The minimum atomic E-state index is -5.54. The predicted molar refractivity (Wildman–Crippen MR) is 187 cm³/mol. The van der Waals surface area contributed by atoms with Crippen LogP contribution in [0.25, 0.3) is 11.2 Å². The van der Waals surface area contributed by atoms with E-state index in [9.17, 15) is 62.7 Å². The second-order valence-electron chi connectivity index (χ2n) is 12.4. The highest BCUT2D eigenvalue weighted by molar-refractivity contribution is 7.80. The number of aromatic nitrogens is 4. The number of aliphatic hydroxyl groups is 3. The third-order valence-electron chi connectivity index (χ3n) is 7.46. The Hall–Kier alpha value is -3.01. The van der Waals surface area contributed by atoms with E-state index in [0.717, 1.165) is 17.2 Å². The van der Waals surface area contributed by atoms with Crippen molar-refractivity contribution in [1.82, 2.24) is 35.5 Å². The highest BCUT2D eigenvalue weighted by Crippen LogP contribution is 2.61. The number of hydrogen-bond acceptors (Lipinski definition) is 20. The number of hydrogen-bond donors (Lipinski definition) is 12. The van der Waals surface area contributed by atoms with Gasteiger partial charge in [-0.1, -0.05) is 13.8 Å². The Balaban J connectivity index is 0.000000930. The SMILES string of the molecule is CC(C)(COP(=O)(O)OP(=O)(O)OC[C@H]1O[C@@H](n2cnc3c(N)ncnc32)[C@H](O)[C@@H]1OP(=O)(O)O)C(O)C(=O)NCCC(=O)NCCS.O=C1CC(O)C(=O)N1. The summed E-state index contributed by atoms with van der Waals surface area (Å²) < 4.78 is 61.7. The van der Waals surface area contributed by atoms with Gasteiger partial charge in [0.05, 0.1) is 26.0 Å². The van der Waals surface area contributed by atoms with Crippen molar-refractivity contribution in [3.8, 4) is 0 Å². The fourth-order valence-corrected chi connectivity index (χ4v) is 7.62. The number of amides is 4. The highest BCUT2D eigenvalue weighted by Gasteiger charge is 2.50. The summed E-state index contributed by atoms with van der Waals surface area (Å²) in [5.41, 5.74) is 4.30. The first kappa shape index (κ1) is 47.4. The summed E-state index contributed by atoms with van der Waals surface area (Å²) >= 11 is 3.95. The maximum atomic E-state index is 12.6. The van der Waals surface area contributed by atoms with Gasteiger partial charge in [0.25, 0.3) is 5.91 Å². The molecule has 27 nitrogen and oxygen atoms in total. The summed E-state index contributed by atoms with van der Waals surface area (Å²) in [7, 11) is -16.3. The number of rotatable bonds is 18. The third-order valence-corrected chi connectivity index (χ3v) is 10.8. The molecule has 2 saturated heterocycles. The molecule has 0 spiro atoms. The standard InChI is InChI=1S/C21H36N7O16P3S.C4H5NO3/c1-21(2,16(31)19(32)24-4-3-12(29)23-5-6-48)8-41-47(38,39)44-46(36,37)40-7-11-15(43-45(33,34)35)14(30)20(42-11)28-10-27-13-17(22)25-9-26-18(13)28;6-2-1-3(7)5-4(2)8/h9-11,14-16,20,30-31,48H,3-8H2,1-2H3,(H,23,29)(H,24,32)(H,36,37)(H,38,39)(H2,22,25,26)(H2,33,34,35);2,6H,1H2,(H,5,7,8)/t11-,14-,15-,16?,20-;/m1./s1. The van der Waals surface area contributed by atoms with Crippen LogP contribution in [0.4, 0.5) is 5.82 Å². The van der Waals surface area contributed by atoms with Gasteiger partial charge in [-0.15, -0.1) is 0 Å². The summed E-state index contributed by atoms with van der Waals surface area (Å²) in [4.78, 5) is 95.0. The van der Waals surface area contributed by atoms with Crippen LogP contribution in [0.15, 0.2) is 12.7 Å². The summed E-state index contributed by atoms with van der Waals surface area (Å²) in [5, 5.41) is 36.6. The highest BCUT2D eigenvalue weighted by atomic mass is 32.1. The fourth-order valence-electron chi connectivity index (χ4n) is 4.68. The van der Waals surface area contributed by atoms with Gasteiger partial charge >= 0.3 is 23.5 Å². The first-order valence-corrected chi connectivity index (χ1v) is 21.0. The molecule has 12 N–H and O–H groups in total. The van der Waals surface area contributed by atoms with Crippen molar-refractivity contribution in [1.29, 1.82) is 0 Å². The van der Waals surface area contributed by atoms with Gasteiger partial charge in [0.1, 0.15) is 42.4 Å². The average molecular weight is 883 g/mol. The van der Waals surface area contributed by atoms with Crippen molar-refractivity contribution >= 4 is 76.7 Å². The Kier molecular flexibility index (Phi) is 16.6. The maximum Gasteiger partial charge on any atom is 0.481 e. The zero-order valence-electron chi connectivity index (χ0n) is 29.3. The minimum absolute atomic E-state index is 0.0363. The Bertz CT molecular complexity index is 1880. The van der Waals surface area contributed by atoms with Crippen LogP contribution in [0.1, 0.15) is 32.9 Å². The molecule has 4 heterocycles. The van der Waals surface area contributed by atoms with Gasteiger partial charge in [-0.25, -0.2) is 28.6 Å². The molecule has 56 heavy (non-hydrogen) atoms. The normalized spacial score (nSPS) is 24.1.